The van der Waals surface area contributed by atoms with Crippen molar-refractivity contribution in [3.8, 4) is 22.5 Å². The van der Waals surface area contributed by atoms with E-state index in [0.717, 1.165) is 6.07 Å². The second kappa shape index (κ2) is 10.5. The highest BCUT2D eigenvalue weighted by atomic mass is 19.3. The van der Waals surface area contributed by atoms with Crippen LogP contribution in [0.5, 0.6) is 0 Å². The first-order valence-electron chi connectivity index (χ1n) is 13.4. The van der Waals surface area contributed by atoms with Gasteiger partial charge in [0.2, 0.25) is 0 Å². The van der Waals surface area contributed by atoms with Crippen LogP contribution in [-0.4, -0.2) is 34.8 Å². The summed E-state index contributed by atoms with van der Waals surface area (Å²) in [5.74, 6) is -6.93. The van der Waals surface area contributed by atoms with Crippen molar-refractivity contribution >= 4 is 22.8 Å². The second-order valence-electron chi connectivity index (χ2n) is 10.6. The topological polar surface area (TPSA) is 97.1 Å². The molecular weight excluding hydrogens is 583 g/mol. The fourth-order valence-corrected chi connectivity index (χ4v) is 5.56. The van der Waals surface area contributed by atoms with Crippen LogP contribution in [0.25, 0.3) is 33.4 Å². The average Bonchev–Trinajstić information content (AvgIpc) is 3.39. The fraction of sp³-hybridized carbons (Fsp3) is 0.188. The standard InChI is InChI=1S/C32H23F5N4O3/c1-16-21(12-18(13-22(16)34)28(42)41-31(14-32(36,37)15-31)30-39-10-3-11-40-30)20-8-9-23-24(26(20)35)25(29(43)38-2)27(44-23)17-4-6-19(33)7-5-17/h3-13H,14-15H2,1-2H3,(H,38,43)(H,41,42). The van der Waals surface area contributed by atoms with Crippen molar-refractivity contribution in [1.82, 2.24) is 20.6 Å². The van der Waals surface area contributed by atoms with E-state index in [1.807, 2.05) is 0 Å². The Morgan fingerprint density at radius 3 is 2.23 bits per heavy atom. The number of halogens is 5. The quantitative estimate of drug-likeness (QED) is 0.210. The van der Waals surface area contributed by atoms with Gasteiger partial charge >= 0.3 is 0 Å². The molecule has 0 radical (unpaired) electrons. The van der Waals surface area contributed by atoms with Crippen LogP contribution in [0.3, 0.4) is 0 Å². The highest BCUT2D eigenvalue weighted by Gasteiger charge is 2.60. The molecule has 7 nitrogen and oxygen atoms in total. The monoisotopic (exact) mass is 606 g/mol. The van der Waals surface area contributed by atoms with E-state index >= 15 is 8.78 Å². The van der Waals surface area contributed by atoms with E-state index in [1.165, 1.54) is 74.9 Å². The molecule has 3 aromatic carbocycles. The number of carbonyl (C=O) groups is 2. The third-order valence-corrected chi connectivity index (χ3v) is 7.72. The van der Waals surface area contributed by atoms with Crippen molar-refractivity contribution in [3.05, 3.63) is 107 Å². The predicted molar refractivity (Wildman–Crippen MR) is 150 cm³/mol. The molecular formula is C32H23F5N4O3. The summed E-state index contributed by atoms with van der Waals surface area (Å²) in [6.07, 6.45) is 1.22. The van der Waals surface area contributed by atoms with Gasteiger partial charge in [-0.3, -0.25) is 9.59 Å². The largest absolute Gasteiger partial charge is 0.455 e. The Labute approximate surface area is 247 Å². The molecule has 1 fully saturated rings. The van der Waals surface area contributed by atoms with Crippen LogP contribution < -0.4 is 10.6 Å². The molecule has 0 bridgehead atoms. The lowest BCUT2D eigenvalue weighted by Crippen LogP contribution is -2.60. The molecule has 0 unspecified atom stereocenters. The molecule has 0 spiro atoms. The van der Waals surface area contributed by atoms with Crippen LogP contribution in [0.1, 0.15) is 44.9 Å². The summed E-state index contributed by atoms with van der Waals surface area (Å²) in [6, 6.07) is 11.5. The van der Waals surface area contributed by atoms with E-state index in [9.17, 15) is 22.8 Å². The molecule has 1 aliphatic rings. The Kier molecular flexibility index (Phi) is 6.94. The predicted octanol–water partition coefficient (Wildman–Crippen LogP) is 6.70. The highest BCUT2D eigenvalue weighted by Crippen LogP contribution is 2.50. The molecule has 0 aliphatic heterocycles. The number of nitrogens with zero attached hydrogens (tertiary/aromatic N) is 2. The molecule has 0 atom stereocenters. The highest BCUT2D eigenvalue weighted by molar-refractivity contribution is 6.12. The zero-order valence-electron chi connectivity index (χ0n) is 23.3. The SMILES string of the molecule is CNC(=O)c1c(-c2ccc(F)cc2)oc2ccc(-c3cc(C(=O)NC4(c5ncccn5)CC(F)(F)C4)cc(F)c3C)c(F)c12. The van der Waals surface area contributed by atoms with Gasteiger partial charge < -0.3 is 15.1 Å². The Balaban J connectivity index is 1.45. The van der Waals surface area contributed by atoms with Gasteiger partial charge in [0.05, 0.1) is 10.9 Å². The molecule has 1 aliphatic carbocycles. The minimum atomic E-state index is -3.06. The van der Waals surface area contributed by atoms with Crippen LogP contribution >= 0.6 is 0 Å². The molecule has 2 amide bonds. The zero-order chi connectivity index (χ0) is 31.4. The normalized spacial score (nSPS) is 15.1. The van der Waals surface area contributed by atoms with Crippen LogP contribution in [0.15, 0.2) is 71.4 Å². The third-order valence-electron chi connectivity index (χ3n) is 7.72. The number of amides is 2. The van der Waals surface area contributed by atoms with Gasteiger partial charge in [-0.25, -0.2) is 31.9 Å². The maximum absolute atomic E-state index is 16.4. The number of alkyl halides is 2. The lowest BCUT2D eigenvalue weighted by atomic mass is 9.72. The summed E-state index contributed by atoms with van der Waals surface area (Å²) in [5.41, 5.74) is -1.81. The lowest BCUT2D eigenvalue weighted by molar-refractivity contribution is -0.136. The van der Waals surface area contributed by atoms with Crippen molar-refractivity contribution in [2.45, 2.75) is 31.2 Å². The average molecular weight is 607 g/mol. The number of aromatic nitrogens is 2. The summed E-state index contributed by atoms with van der Waals surface area (Å²) >= 11 is 0. The molecule has 44 heavy (non-hydrogen) atoms. The van der Waals surface area contributed by atoms with Gasteiger partial charge in [-0.05, 0) is 72.6 Å². The fourth-order valence-electron chi connectivity index (χ4n) is 5.56. The summed E-state index contributed by atoms with van der Waals surface area (Å²) in [7, 11) is 1.35. The summed E-state index contributed by atoms with van der Waals surface area (Å²) in [6.45, 7) is 1.39. The summed E-state index contributed by atoms with van der Waals surface area (Å²) < 4.78 is 79.1. The second-order valence-corrected chi connectivity index (χ2v) is 10.6. The van der Waals surface area contributed by atoms with Crippen molar-refractivity contribution in [2.75, 3.05) is 7.05 Å². The number of hydrogen-bond donors (Lipinski definition) is 2. The molecule has 2 aromatic heterocycles. The minimum absolute atomic E-state index is 0.000158. The molecule has 0 saturated heterocycles. The Morgan fingerprint density at radius 1 is 0.909 bits per heavy atom. The van der Waals surface area contributed by atoms with Gasteiger partial charge in [0, 0.05) is 49.0 Å². The van der Waals surface area contributed by atoms with Crippen molar-refractivity contribution in [3.63, 3.8) is 0 Å². The molecule has 6 rings (SSSR count). The smallest absolute Gasteiger partial charge is 0.255 e. The van der Waals surface area contributed by atoms with Gasteiger partial charge in [-0.15, -0.1) is 0 Å². The lowest BCUT2D eigenvalue weighted by Gasteiger charge is -2.46. The zero-order valence-corrected chi connectivity index (χ0v) is 23.3. The van der Waals surface area contributed by atoms with Crippen LogP contribution in [-0.2, 0) is 5.54 Å². The van der Waals surface area contributed by atoms with Gasteiger partial charge in [-0.2, -0.15) is 0 Å². The Morgan fingerprint density at radius 2 is 1.59 bits per heavy atom. The molecule has 224 valence electrons. The molecule has 12 heteroatoms. The molecule has 5 aromatic rings. The first-order valence-corrected chi connectivity index (χ1v) is 13.4. The van der Waals surface area contributed by atoms with Crippen molar-refractivity contribution in [2.24, 2.45) is 0 Å². The number of benzene rings is 3. The molecule has 1 saturated carbocycles. The van der Waals surface area contributed by atoms with Crippen LogP contribution in [0.2, 0.25) is 0 Å². The van der Waals surface area contributed by atoms with E-state index in [-0.39, 0.29) is 50.4 Å². The maximum atomic E-state index is 16.4. The first kappa shape index (κ1) is 29.0. The Bertz CT molecular complexity index is 1930. The third kappa shape index (κ3) is 4.85. The number of rotatable bonds is 6. The van der Waals surface area contributed by atoms with Crippen LogP contribution in [0, 0.1) is 24.4 Å². The minimum Gasteiger partial charge on any atom is -0.455 e. The van der Waals surface area contributed by atoms with Gasteiger partial charge in [0.1, 0.15) is 34.3 Å². The van der Waals surface area contributed by atoms with Crippen molar-refractivity contribution < 1.29 is 36.0 Å². The summed E-state index contributed by atoms with van der Waals surface area (Å²) in [4.78, 5) is 34.4. The maximum Gasteiger partial charge on any atom is 0.255 e. The van der Waals surface area contributed by atoms with E-state index in [1.54, 1.807) is 0 Å². The van der Waals surface area contributed by atoms with Gasteiger partial charge in [0.25, 0.3) is 17.7 Å². The number of carbonyl (C=O) groups excluding carboxylic acids is 2. The van der Waals surface area contributed by atoms with Crippen molar-refractivity contribution in [1.29, 1.82) is 0 Å². The Hall–Kier alpha value is -5.13. The van der Waals surface area contributed by atoms with E-state index in [2.05, 4.69) is 20.6 Å². The van der Waals surface area contributed by atoms with Gasteiger partial charge in [-0.1, -0.05) is 0 Å². The first-order chi connectivity index (χ1) is 20.9. The number of furan rings is 1. The number of nitrogens with one attached hydrogen (secondary N) is 2. The number of hydrogen-bond acceptors (Lipinski definition) is 5. The van der Waals surface area contributed by atoms with Gasteiger partial charge in [0.15, 0.2) is 5.82 Å². The summed E-state index contributed by atoms with van der Waals surface area (Å²) in [5, 5.41) is 4.79. The van der Waals surface area contributed by atoms with E-state index < -0.39 is 53.6 Å². The molecule has 2 N–H and O–H groups in total. The van der Waals surface area contributed by atoms with E-state index in [4.69, 9.17) is 4.42 Å². The van der Waals surface area contributed by atoms with E-state index in [0.29, 0.717) is 5.56 Å². The number of fused-ring (bicyclic) bond motifs is 1. The van der Waals surface area contributed by atoms with Crippen LogP contribution in [0.4, 0.5) is 22.0 Å². The molecule has 2 heterocycles.